The summed E-state index contributed by atoms with van der Waals surface area (Å²) >= 11 is -2.49. The summed E-state index contributed by atoms with van der Waals surface area (Å²) < 4.78 is 12.3. The van der Waals surface area contributed by atoms with Gasteiger partial charge >= 0.3 is 255 Å². The molecule has 3 aromatic carbocycles. The number of carbonyl (C=O) groups is 1. The van der Waals surface area contributed by atoms with Gasteiger partial charge in [-0.15, -0.1) is 0 Å². The Balaban J connectivity index is 0.00000616. The van der Waals surface area contributed by atoms with Crippen LogP contribution in [0.2, 0.25) is 13.3 Å². The second-order valence-corrected chi connectivity index (χ2v) is 24.4. The fourth-order valence-corrected chi connectivity index (χ4v) is 20.5. The first-order valence-corrected chi connectivity index (χ1v) is 23.4. The molecule has 1 N–H and O–H groups in total. The monoisotopic (exact) mass is 701 g/mol. The van der Waals surface area contributed by atoms with Crippen LogP contribution in [-0.2, 0) is 15.1 Å². The number of methoxy groups -OCH3 is 1. The molecule has 0 unspecified atom stereocenters. The molecule has 228 valence electrons. The summed E-state index contributed by atoms with van der Waals surface area (Å²) in [4.78, 5) is 13.5. The van der Waals surface area contributed by atoms with Gasteiger partial charge in [-0.2, -0.15) is 0 Å². The Morgan fingerprint density at radius 2 is 1.12 bits per heavy atom. The van der Waals surface area contributed by atoms with E-state index in [4.69, 9.17) is 4.74 Å². The molecule has 0 heterocycles. The molecule has 0 saturated heterocycles. The van der Waals surface area contributed by atoms with Crippen LogP contribution in [0.4, 0.5) is 0 Å². The van der Waals surface area contributed by atoms with E-state index < -0.39 is 30.0 Å². The topological polar surface area (TPSA) is 38.3 Å². The van der Waals surface area contributed by atoms with E-state index in [2.05, 4.69) is 109 Å². The van der Waals surface area contributed by atoms with Crippen LogP contribution in [0.5, 0.6) is 0 Å². The third kappa shape index (κ3) is 10.2. The standard InChI is InChI=1S/C25H24NO2.3C4H9.Ar.Sn/c1-3-13-23(24(27)28-2)26-25(20-14-7-4-8-15-20,21-16-9-5-10-17-21)22-18-11-6-12-19-22;3*1-3-4-2;;/h1,3-12,14-19,23,26H,13H2,2H3;3*1,3-4H2,2H3;;/t23-;;;;;/m0...../s1. The minimum atomic E-state index is -2.49. The Labute approximate surface area is 289 Å². The van der Waals surface area contributed by atoms with Crippen molar-refractivity contribution in [3.63, 3.8) is 0 Å². The maximum atomic E-state index is 13.5. The number of esters is 1. The minimum Gasteiger partial charge on any atom is 0 e. The van der Waals surface area contributed by atoms with Gasteiger partial charge in [-0.05, 0) is 0 Å². The first kappa shape index (κ1) is 37.1. The number of hydrogen-bond donors (Lipinski definition) is 1. The fourth-order valence-electron chi connectivity index (χ4n) is 6.10. The number of rotatable bonds is 18. The van der Waals surface area contributed by atoms with Gasteiger partial charge in [0.1, 0.15) is 0 Å². The first-order valence-electron chi connectivity index (χ1n) is 15.7. The van der Waals surface area contributed by atoms with Crippen LogP contribution in [0.15, 0.2) is 101 Å². The summed E-state index contributed by atoms with van der Waals surface area (Å²) in [6, 6.07) is 31.0. The molecule has 3 aromatic rings. The molecule has 0 aromatic heterocycles. The average Bonchev–Trinajstić information content (AvgIpc) is 3.04. The summed E-state index contributed by atoms with van der Waals surface area (Å²) in [5, 5.41) is 3.88. The van der Waals surface area contributed by atoms with Crippen molar-refractivity contribution in [2.75, 3.05) is 7.11 Å². The van der Waals surface area contributed by atoms with Crippen LogP contribution < -0.4 is 5.32 Å². The van der Waals surface area contributed by atoms with Crippen molar-refractivity contribution in [2.24, 2.45) is 0 Å². The zero-order valence-electron chi connectivity index (χ0n) is 26.1. The second-order valence-electron chi connectivity index (χ2n) is 11.4. The third-order valence-electron chi connectivity index (χ3n) is 8.42. The van der Waals surface area contributed by atoms with Gasteiger partial charge in [0, 0.05) is 37.7 Å². The minimum absolute atomic E-state index is 0. The molecule has 0 radical (unpaired) electrons. The van der Waals surface area contributed by atoms with Gasteiger partial charge in [0.2, 0.25) is 0 Å². The predicted octanol–water partition coefficient (Wildman–Crippen LogP) is 9.44. The molecular weight excluding hydrogens is 649 g/mol. The van der Waals surface area contributed by atoms with Crippen molar-refractivity contribution < 1.29 is 47.3 Å². The van der Waals surface area contributed by atoms with E-state index in [1.54, 1.807) is 0 Å². The van der Waals surface area contributed by atoms with Crippen LogP contribution in [0.3, 0.4) is 0 Å². The van der Waals surface area contributed by atoms with E-state index >= 15 is 0 Å². The summed E-state index contributed by atoms with van der Waals surface area (Å²) in [5.41, 5.74) is 2.57. The number of ether oxygens (including phenoxy) is 1. The van der Waals surface area contributed by atoms with Crippen molar-refractivity contribution in [3.05, 3.63) is 118 Å². The van der Waals surface area contributed by atoms with Crippen LogP contribution in [0.1, 0.15) is 82.4 Å². The smallest absolute Gasteiger partial charge is 0 e. The van der Waals surface area contributed by atoms with Crippen molar-refractivity contribution in [1.29, 1.82) is 0 Å². The van der Waals surface area contributed by atoms with E-state index in [1.807, 2.05) is 18.2 Å². The summed E-state index contributed by atoms with van der Waals surface area (Å²) in [6.07, 6.45) is 10.7. The van der Waals surface area contributed by atoms with Gasteiger partial charge in [0.15, 0.2) is 0 Å². The second kappa shape index (κ2) is 20.0. The van der Waals surface area contributed by atoms with Crippen LogP contribution in [0.25, 0.3) is 0 Å². The van der Waals surface area contributed by atoms with Crippen LogP contribution in [-0.4, -0.2) is 37.5 Å². The normalized spacial score (nSPS) is 12.6. The maximum Gasteiger partial charge on any atom is 0 e. The molecule has 0 aliphatic heterocycles. The number of benzene rings is 3. The number of unbranched alkanes of at least 4 members (excludes halogenated alkanes) is 3. The number of carbonyl (C=O) groups excluding carboxylic acids is 1. The van der Waals surface area contributed by atoms with Gasteiger partial charge in [-0.3, -0.25) is 0 Å². The first-order chi connectivity index (χ1) is 20.0. The predicted molar refractivity (Wildman–Crippen MR) is 177 cm³/mol. The molecule has 3 nitrogen and oxygen atoms in total. The molecular formula is C37H51ArNO2Sn. The van der Waals surface area contributed by atoms with Gasteiger partial charge in [-0.25, -0.2) is 0 Å². The molecule has 42 heavy (non-hydrogen) atoms. The van der Waals surface area contributed by atoms with Crippen LogP contribution in [0, 0.1) is 37.7 Å². The summed E-state index contributed by atoms with van der Waals surface area (Å²) in [7, 11) is 1.50. The Morgan fingerprint density at radius 1 is 0.738 bits per heavy atom. The maximum absolute atomic E-state index is 13.5. The Bertz CT molecular complexity index is 1050. The largest absolute Gasteiger partial charge is 0 e. The SMILES string of the molecule is CCC[CH2][Sn]([CH]=CC[C@H](NC(c1ccccc1)(c1ccccc1)c1ccccc1)C(=O)OC)([CH2]CCC)[CH2]CCC.[Ar]. The van der Waals surface area contributed by atoms with E-state index in [-0.39, 0.29) is 43.7 Å². The van der Waals surface area contributed by atoms with Gasteiger partial charge in [0.25, 0.3) is 0 Å². The zero-order chi connectivity index (χ0) is 29.4. The van der Waals surface area contributed by atoms with Crippen molar-refractivity contribution >= 4 is 24.3 Å². The van der Waals surface area contributed by atoms with Crippen molar-refractivity contribution in [1.82, 2.24) is 5.32 Å². The fraction of sp³-hybridized carbons (Fsp3) is 0.432. The van der Waals surface area contributed by atoms with Crippen molar-refractivity contribution in [2.45, 2.75) is 90.6 Å². The van der Waals surface area contributed by atoms with Gasteiger partial charge in [0.05, 0.1) is 0 Å². The molecule has 0 aliphatic rings. The molecule has 3 rings (SSSR count). The Kier molecular flexibility index (Phi) is 17.7. The Hall–Kier alpha value is -1.11. The van der Waals surface area contributed by atoms with Crippen LogP contribution >= 0.6 is 0 Å². The van der Waals surface area contributed by atoms with E-state index in [0.29, 0.717) is 6.42 Å². The molecule has 0 amide bonds. The number of nitrogens with one attached hydrogen (secondary N) is 1. The van der Waals surface area contributed by atoms with Crippen molar-refractivity contribution in [3.8, 4) is 0 Å². The Morgan fingerprint density at radius 3 is 1.45 bits per heavy atom. The third-order valence-corrected chi connectivity index (χ3v) is 22.7. The molecule has 5 heteroatoms. The molecule has 0 fully saturated rings. The summed E-state index contributed by atoms with van der Waals surface area (Å²) in [6.45, 7) is 6.94. The molecule has 1 atom stereocenters. The van der Waals surface area contributed by atoms with E-state index in [9.17, 15) is 4.79 Å². The zero-order valence-corrected chi connectivity index (χ0v) is 29.7. The molecule has 0 bridgehead atoms. The average molecular weight is 700 g/mol. The quantitative estimate of drug-likeness (QED) is 0.0817. The van der Waals surface area contributed by atoms with Gasteiger partial charge < -0.3 is 0 Å². The van der Waals surface area contributed by atoms with E-state index in [0.717, 1.165) is 16.7 Å². The van der Waals surface area contributed by atoms with E-state index in [1.165, 1.54) is 58.9 Å². The molecule has 0 saturated carbocycles. The molecule has 0 spiro atoms. The number of hydrogen-bond acceptors (Lipinski definition) is 3. The summed E-state index contributed by atoms with van der Waals surface area (Å²) in [5.74, 6) is -0.224. The molecule has 0 aliphatic carbocycles. The van der Waals surface area contributed by atoms with Gasteiger partial charge in [-0.1, -0.05) is 0 Å².